The van der Waals surface area contributed by atoms with Gasteiger partial charge in [0.15, 0.2) is 5.82 Å². The van der Waals surface area contributed by atoms with Crippen LogP contribution in [0.4, 0.5) is 27.8 Å². The van der Waals surface area contributed by atoms with Gasteiger partial charge in [-0.3, -0.25) is 9.36 Å². The summed E-state index contributed by atoms with van der Waals surface area (Å²) in [6, 6.07) is 5.22. The zero-order valence-corrected chi connectivity index (χ0v) is 25.7. The number of hydrogen-bond acceptors (Lipinski definition) is 14. The molecule has 15 nitrogen and oxygen atoms in total. The number of thioether (sulfide) groups is 1. The topological polar surface area (TPSA) is 230 Å². The molecule has 49 heavy (non-hydrogen) atoms. The number of amides is 1. The van der Waals surface area contributed by atoms with Gasteiger partial charge in [-0.25, -0.2) is 23.4 Å². The van der Waals surface area contributed by atoms with Crippen LogP contribution in [0.15, 0.2) is 52.7 Å². The van der Waals surface area contributed by atoms with Crippen molar-refractivity contribution < 1.29 is 72.3 Å². The summed E-state index contributed by atoms with van der Waals surface area (Å²) in [5.41, 5.74) is -1.80. The fraction of sp³-hybridized carbons (Fsp3) is 0.393. The molecule has 0 atom stereocenters. The smallest absolute Gasteiger partial charge is 0.380 e. The molecule has 0 bridgehead atoms. The van der Waals surface area contributed by atoms with Gasteiger partial charge in [-0.05, 0) is 24.3 Å². The molecule has 6 rings (SSSR count). The van der Waals surface area contributed by atoms with Crippen LogP contribution < -0.4 is 10.6 Å². The Balaban J connectivity index is 0.000000874. The van der Waals surface area contributed by atoms with E-state index in [1.807, 2.05) is 0 Å². The van der Waals surface area contributed by atoms with E-state index in [1.54, 1.807) is 0 Å². The largest absolute Gasteiger partial charge is 0.386 e. The third kappa shape index (κ3) is 5.74. The number of alkyl halides is 3. The van der Waals surface area contributed by atoms with Crippen molar-refractivity contribution in [2.75, 3.05) is 23.9 Å². The van der Waals surface area contributed by atoms with Crippen molar-refractivity contribution in [3.05, 3.63) is 65.1 Å². The highest BCUT2D eigenvalue weighted by atomic mass is 32.2. The average Bonchev–Trinajstić information content (AvgIpc) is 3.13. The molecule has 3 aliphatic rings. The fourth-order valence-corrected chi connectivity index (χ4v) is 7.01. The molecule has 266 valence electrons. The minimum Gasteiger partial charge on any atom is -0.380 e. The van der Waals surface area contributed by atoms with E-state index in [0.717, 1.165) is 34.5 Å². The number of piperazine rings is 1. The molecule has 3 aromatic rings. The van der Waals surface area contributed by atoms with E-state index in [-0.39, 0.29) is 59.7 Å². The maximum Gasteiger partial charge on any atom is 0.386 e. The number of ether oxygens (including phenoxy) is 1. The van der Waals surface area contributed by atoms with Gasteiger partial charge in [-0.15, -0.1) is 11.8 Å². The van der Waals surface area contributed by atoms with Gasteiger partial charge in [-0.1, -0.05) is 12.6 Å². The quantitative estimate of drug-likeness (QED) is 0.0962. The Morgan fingerprint density at radius 2 is 1.51 bits per heavy atom. The Morgan fingerprint density at radius 3 is 2.00 bits per heavy atom. The van der Waals surface area contributed by atoms with Crippen molar-refractivity contribution in [2.24, 2.45) is 5.41 Å². The highest BCUT2D eigenvalue weighted by Gasteiger charge is 2.79. The number of aliphatic hydroxyl groups is 8. The Hall–Kier alpha value is -3.77. The molecule has 8 N–H and O–H groups in total. The molecule has 3 aliphatic heterocycles. The molecule has 0 saturated carbocycles. The number of halogens is 5. The second-order valence-corrected chi connectivity index (χ2v) is 12.6. The first-order valence-electron chi connectivity index (χ1n) is 13.8. The first kappa shape index (κ1) is 36.5. The zero-order valence-electron chi connectivity index (χ0n) is 24.9. The standard InChI is InChI=1S/C26H24F2N4O11S.C2H3F3/c1-2-17(33)31-23(35,36)25(39,40)32(26(41,42)24(31,37)38)20-15-6-5-14(13-4-3-12(27)7-16(13)28)19-18(15)30(21(34)29-20)8-22(11-44-19)9-43-10-22;1-2(3,4)5/h2-7,35-42H,1,8-11H2;1H3. The average molecular weight is 723 g/mol. The zero-order chi connectivity index (χ0) is 36.7. The van der Waals surface area contributed by atoms with E-state index in [1.165, 1.54) is 6.07 Å². The Kier molecular flexibility index (Phi) is 8.68. The van der Waals surface area contributed by atoms with E-state index in [0.29, 0.717) is 11.8 Å². The Labute approximate surface area is 274 Å². The number of aromatic nitrogens is 2. The SMILES string of the molecule is C=CC(=O)N1C(O)(O)C(O)(O)N(c2nc(=O)n3c4c(c(-c5ccc(F)cc5F)ccc24)SCC2(COC2)C3)C(O)(O)C1(O)O.CC(F)(F)F. The first-order chi connectivity index (χ1) is 22.4. The van der Waals surface area contributed by atoms with Crippen LogP contribution in [0.25, 0.3) is 22.0 Å². The number of hydrogen-bond donors (Lipinski definition) is 8. The van der Waals surface area contributed by atoms with Gasteiger partial charge in [0.2, 0.25) is 0 Å². The molecule has 1 amide bonds. The van der Waals surface area contributed by atoms with E-state index in [4.69, 9.17) is 4.74 Å². The van der Waals surface area contributed by atoms with Crippen molar-refractivity contribution in [1.29, 1.82) is 0 Å². The summed E-state index contributed by atoms with van der Waals surface area (Å²) in [6.45, 7) is 3.63. The molecule has 2 saturated heterocycles. The molecule has 0 radical (unpaired) electrons. The monoisotopic (exact) mass is 722 g/mol. The van der Waals surface area contributed by atoms with Crippen LogP contribution in [-0.4, -0.2) is 110 Å². The number of benzene rings is 2. The lowest BCUT2D eigenvalue weighted by atomic mass is 9.88. The second kappa shape index (κ2) is 11.7. The summed E-state index contributed by atoms with van der Waals surface area (Å²) in [7, 11) is 0. The normalized spacial score (nSPS) is 21.3. The van der Waals surface area contributed by atoms with Crippen LogP contribution in [0.2, 0.25) is 0 Å². The predicted octanol–water partition coefficient (Wildman–Crippen LogP) is -0.579. The summed E-state index contributed by atoms with van der Waals surface area (Å²) in [5.74, 6) is -22.2. The van der Waals surface area contributed by atoms with Gasteiger partial charge in [-0.2, -0.15) is 18.2 Å². The molecule has 1 spiro atoms. The third-order valence-corrected chi connectivity index (χ3v) is 9.34. The van der Waals surface area contributed by atoms with Crippen molar-refractivity contribution in [3.63, 3.8) is 0 Å². The number of carbonyl (C=O) groups excluding carboxylic acids is 1. The van der Waals surface area contributed by atoms with Gasteiger partial charge in [0.25, 0.3) is 5.91 Å². The number of rotatable bonds is 3. The molecule has 2 fully saturated rings. The molecule has 1 aromatic heterocycles. The van der Waals surface area contributed by atoms with E-state index in [9.17, 15) is 68.0 Å². The maximum absolute atomic E-state index is 15.0. The van der Waals surface area contributed by atoms with E-state index < -0.39 is 74.1 Å². The van der Waals surface area contributed by atoms with E-state index in [2.05, 4.69) is 11.6 Å². The third-order valence-electron chi connectivity index (χ3n) is 7.88. The van der Waals surface area contributed by atoms with Crippen molar-refractivity contribution in [3.8, 4) is 11.1 Å². The lowest BCUT2D eigenvalue weighted by Gasteiger charge is -2.60. The first-order valence-corrected chi connectivity index (χ1v) is 14.8. The van der Waals surface area contributed by atoms with Crippen LogP contribution in [0.3, 0.4) is 0 Å². The molecular weight excluding hydrogens is 695 g/mol. The van der Waals surface area contributed by atoms with Gasteiger partial charge in [0.1, 0.15) is 11.6 Å². The van der Waals surface area contributed by atoms with Crippen LogP contribution in [-0.2, 0) is 16.1 Å². The summed E-state index contributed by atoms with van der Waals surface area (Å²) in [5, 5.41) is 86.4. The highest BCUT2D eigenvalue weighted by Crippen LogP contribution is 2.50. The number of nitrogens with zero attached hydrogens (tertiary/aromatic N) is 4. The Morgan fingerprint density at radius 1 is 0.959 bits per heavy atom. The van der Waals surface area contributed by atoms with Crippen LogP contribution in [0.5, 0.6) is 0 Å². The predicted molar refractivity (Wildman–Crippen MR) is 155 cm³/mol. The van der Waals surface area contributed by atoms with E-state index >= 15 is 4.39 Å². The minimum absolute atomic E-state index is 0.0206. The summed E-state index contributed by atoms with van der Waals surface area (Å²) >= 11 is 1.13. The fourth-order valence-electron chi connectivity index (χ4n) is 5.61. The van der Waals surface area contributed by atoms with Gasteiger partial charge in [0, 0.05) is 52.1 Å². The maximum atomic E-state index is 15.0. The molecule has 0 aliphatic carbocycles. The van der Waals surface area contributed by atoms with Crippen LogP contribution in [0, 0.1) is 17.0 Å². The van der Waals surface area contributed by atoms with Gasteiger partial charge < -0.3 is 45.6 Å². The van der Waals surface area contributed by atoms with Gasteiger partial charge >= 0.3 is 35.5 Å². The lowest BCUT2D eigenvalue weighted by molar-refractivity contribution is -0.535. The molecule has 0 unspecified atom stereocenters. The molecule has 21 heteroatoms. The molecule has 2 aromatic carbocycles. The Bertz CT molecular complexity index is 1880. The molecule has 4 heterocycles. The summed E-state index contributed by atoms with van der Waals surface area (Å²) in [4.78, 5) is 28.4. The second-order valence-electron chi connectivity index (χ2n) is 11.6. The summed E-state index contributed by atoms with van der Waals surface area (Å²) in [6.07, 6.45) is -3.73. The number of anilines is 1. The lowest BCUT2D eigenvalue weighted by Crippen LogP contribution is -2.91. The van der Waals surface area contributed by atoms with Gasteiger partial charge in [0.05, 0.1) is 18.7 Å². The highest BCUT2D eigenvalue weighted by molar-refractivity contribution is 7.99. The van der Waals surface area contributed by atoms with Crippen LogP contribution in [0.1, 0.15) is 6.92 Å². The number of carbonyl (C=O) groups is 1. The molecular formula is C28H27F5N4O11S. The van der Waals surface area contributed by atoms with Crippen molar-refractivity contribution >= 4 is 34.4 Å². The van der Waals surface area contributed by atoms with Crippen LogP contribution >= 0.6 is 11.8 Å². The van der Waals surface area contributed by atoms with Crippen molar-refractivity contribution in [1.82, 2.24) is 14.5 Å². The minimum atomic E-state index is -4.43. The van der Waals surface area contributed by atoms with Crippen molar-refractivity contribution in [2.45, 2.75) is 48.2 Å². The summed E-state index contributed by atoms with van der Waals surface area (Å²) < 4.78 is 66.3.